The average Bonchev–Trinajstić information content (AvgIpc) is 2.45. The molecule has 6 heteroatoms. The molecule has 0 spiro atoms. The van der Waals surface area contributed by atoms with Crippen molar-refractivity contribution in [2.75, 3.05) is 11.9 Å². The summed E-state index contributed by atoms with van der Waals surface area (Å²) in [5, 5.41) is 23.0. The van der Waals surface area contributed by atoms with Crippen LogP contribution in [-0.4, -0.2) is 22.5 Å². The lowest BCUT2D eigenvalue weighted by atomic mass is 9.89. The molecule has 2 N–H and O–H groups in total. The van der Waals surface area contributed by atoms with E-state index in [4.69, 9.17) is 5.11 Å². The van der Waals surface area contributed by atoms with Gasteiger partial charge in [-0.15, -0.1) is 0 Å². The molecular weight excluding hydrogens is 260 g/mol. The second-order valence-electron chi connectivity index (χ2n) is 5.18. The number of benzene rings is 1. The lowest BCUT2D eigenvalue weighted by Gasteiger charge is -2.22. The van der Waals surface area contributed by atoms with E-state index in [0.717, 1.165) is 25.5 Å². The maximum atomic E-state index is 11.2. The van der Waals surface area contributed by atoms with Crippen LogP contribution >= 0.6 is 0 Å². The first-order valence-corrected chi connectivity index (χ1v) is 6.83. The number of carbonyl (C=O) groups is 1. The van der Waals surface area contributed by atoms with E-state index in [1.807, 2.05) is 0 Å². The van der Waals surface area contributed by atoms with Crippen LogP contribution in [0.1, 0.15) is 42.5 Å². The van der Waals surface area contributed by atoms with Crippen molar-refractivity contribution in [3.63, 3.8) is 0 Å². The Labute approximate surface area is 117 Å². The minimum absolute atomic E-state index is 0.0463. The number of rotatable bonds is 5. The number of nitrogens with zero attached hydrogens (tertiary/aromatic N) is 1. The molecule has 6 nitrogen and oxygen atoms in total. The minimum atomic E-state index is -1.15. The van der Waals surface area contributed by atoms with Gasteiger partial charge < -0.3 is 10.4 Å². The maximum absolute atomic E-state index is 11.2. The Morgan fingerprint density at radius 3 is 2.65 bits per heavy atom. The van der Waals surface area contributed by atoms with Crippen molar-refractivity contribution < 1.29 is 14.8 Å². The highest BCUT2D eigenvalue weighted by Crippen LogP contribution is 2.26. The molecule has 1 aliphatic carbocycles. The molecule has 1 fully saturated rings. The molecule has 1 saturated carbocycles. The van der Waals surface area contributed by atoms with Crippen molar-refractivity contribution in [2.24, 2.45) is 5.92 Å². The average molecular weight is 278 g/mol. The van der Waals surface area contributed by atoms with Crippen molar-refractivity contribution in [3.8, 4) is 0 Å². The van der Waals surface area contributed by atoms with Gasteiger partial charge in [-0.1, -0.05) is 19.3 Å². The van der Waals surface area contributed by atoms with Crippen molar-refractivity contribution in [1.29, 1.82) is 0 Å². The predicted octanol–water partition coefficient (Wildman–Crippen LogP) is 3.29. The van der Waals surface area contributed by atoms with Crippen LogP contribution in [0.5, 0.6) is 0 Å². The fourth-order valence-corrected chi connectivity index (χ4v) is 2.62. The summed E-state index contributed by atoms with van der Waals surface area (Å²) >= 11 is 0. The van der Waals surface area contributed by atoms with Crippen LogP contribution in [0.2, 0.25) is 0 Å². The van der Waals surface area contributed by atoms with E-state index in [9.17, 15) is 14.9 Å². The number of aromatic carboxylic acids is 1. The molecule has 0 saturated heterocycles. The van der Waals surface area contributed by atoms with E-state index in [2.05, 4.69) is 5.32 Å². The number of hydrogen-bond acceptors (Lipinski definition) is 4. The molecule has 1 aromatic carbocycles. The molecule has 0 unspecified atom stereocenters. The summed E-state index contributed by atoms with van der Waals surface area (Å²) in [6, 6.07) is 3.91. The molecule has 1 aliphatic rings. The Morgan fingerprint density at radius 2 is 2.05 bits per heavy atom. The zero-order valence-electron chi connectivity index (χ0n) is 11.2. The number of anilines is 1. The number of nitrogens with one attached hydrogen (secondary N) is 1. The molecule has 0 aromatic heterocycles. The van der Waals surface area contributed by atoms with Gasteiger partial charge in [0.2, 0.25) is 0 Å². The molecule has 0 atom stereocenters. The highest BCUT2D eigenvalue weighted by molar-refractivity contribution is 5.95. The van der Waals surface area contributed by atoms with E-state index >= 15 is 0 Å². The SMILES string of the molecule is O=C(O)c1cc([N+](=O)[O-])ccc1NCC1CCCCC1. The Bertz CT molecular complexity index is 510. The second kappa shape index (κ2) is 6.36. The molecule has 0 radical (unpaired) electrons. The molecule has 0 heterocycles. The van der Waals surface area contributed by atoms with Crippen LogP contribution in [0.4, 0.5) is 11.4 Å². The molecular formula is C14H18N2O4. The first kappa shape index (κ1) is 14.3. The summed E-state index contributed by atoms with van der Waals surface area (Å²) in [7, 11) is 0. The molecule has 0 aliphatic heterocycles. The highest BCUT2D eigenvalue weighted by atomic mass is 16.6. The Kier molecular flexibility index (Phi) is 4.55. The van der Waals surface area contributed by atoms with Gasteiger partial charge in [0.25, 0.3) is 5.69 Å². The van der Waals surface area contributed by atoms with Crippen LogP contribution in [0.15, 0.2) is 18.2 Å². The van der Waals surface area contributed by atoms with Crippen molar-refractivity contribution in [2.45, 2.75) is 32.1 Å². The van der Waals surface area contributed by atoms with Gasteiger partial charge in [-0.25, -0.2) is 4.79 Å². The topological polar surface area (TPSA) is 92.5 Å². The number of nitro groups is 1. The fraction of sp³-hybridized carbons (Fsp3) is 0.500. The van der Waals surface area contributed by atoms with Crippen LogP contribution in [0.3, 0.4) is 0 Å². The van der Waals surface area contributed by atoms with Crippen LogP contribution < -0.4 is 5.32 Å². The van der Waals surface area contributed by atoms with E-state index in [1.54, 1.807) is 0 Å². The lowest BCUT2D eigenvalue weighted by molar-refractivity contribution is -0.384. The van der Waals surface area contributed by atoms with Gasteiger partial charge in [0.05, 0.1) is 10.5 Å². The first-order valence-electron chi connectivity index (χ1n) is 6.83. The molecule has 0 amide bonds. The Morgan fingerprint density at radius 1 is 1.35 bits per heavy atom. The van der Waals surface area contributed by atoms with Crippen molar-refractivity contribution in [3.05, 3.63) is 33.9 Å². The van der Waals surface area contributed by atoms with Crippen LogP contribution in [0, 0.1) is 16.0 Å². The van der Waals surface area contributed by atoms with Gasteiger partial charge in [-0.3, -0.25) is 10.1 Å². The number of non-ortho nitro benzene ring substituents is 1. The molecule has 20 heavy (non-hydrogen) atoms. The zero-order valence-corrected chi connectivity index (χ0v) is 11.2. The van der Waals surface area contributed by atoms with Gasteiger partial charge in [0, 0.05) is 24.4 Å². The summed E-state index contributed by atoms with van der Waals surface area (Å²) < 4.78 is 0. The number of carboxylic acids is 1. The maximum Gasteiger partial charge on any atom is 0.338 e. The lowest BCUT2D eigenvalue weighted by Crippen LogP contribution is -2.18. The number of nitro benzene ring substituents is 1. The third-order valence-corrected chi connectivity index (χ3v) is 3.75. The van der Waals surface area contributed by atoms with Gasteiger partial charge in [0.15, 0.2) is 0 Å². The second-order valence-corrected chi connectivity index (χ2v) is 5.18. The van der Waals surface area contributed by atoms with E-state index in [1.165, 1.54) is 31.4 Å². The number of carboxylic acid groups (broad SMARTS) is 1. The normalized spacial score (nSPS) is 15.8. The summed E-state index contributed by atoms with van der Waals surface area (Å²) in [5.41, 5.74) is 0.203. The van der Waals surface area contributed by atoms with Gasteiger partial charge in [0.1, 0.15) is 0 Å². The molecule has 1 aromatic rings. The number of hydrogen-bond donors (Lipinski definition) is 2. The Balaban J connectivity index is 2.09. The third-order valence-electron chi connectivity index (χ3n) is 3.75. The van der Waals surface area contributed by atoms with Gasteiger partial charge in [-0.05, 0) is 24.8 Å². The van der Waals surface area contributed by atoms with Crippen LogP contribution in [0.25, 0.3) is 0 Å². The summed E-state index contributed by atoms with van der Waals surface area (Å²) in [6.07, 6.45) is 6.02. The summed E-state index contributed by atoms with van der Waals surface area (Å²) in [5.74, 6) is -0.597. The van der Waals surface area contributed by atoms with E-state index < -0.39 is 10.9 Å². The molecule has 0 bridgehead atoms. The fourth-order valence-electron chi connectivity index (χ4n) is 2.62. The third kappa shape index (κ3) is 3.46. The van der Waals surface area contributed by atoms with E-state index in [-0.39, 0.29) is 11.3 Å². The Hall–Kier alpha value is -2.11. The zero-order chi connectivity index (χ0) is 14.5. The predicted molar refractivity (Wildman–Crippen MR) is 75.1 cm³/mol. The minimum Gasteiger partial charge on any atom is -0.478 e. The summed E-state index contributed by atoms with van der Waals surface area (Å²) in [4.78, 5) is 21.3. The van der Waals surface area contributed by atoms with Crippen molar-refractivity contribution in [1.82, 2.24) is 0 Å². The molecule has 108 valence electrons. The van der Waals surface area contributed by atoms with Crippen molar-refractivity contribution >= 4 is 17.3 Å². The van der Waals surface area contributed by atoms with Crippen LogP contribution in [-0.2, 0) is 0 Å². The van der Waals surface area contributed by atoms with Gasteiger partial charge >= 0.3 is 5.97 Å². The summed E-state index contributed by atoms with van der Waals surface area (Å²) in [6.45, 7) is 0.720. The largest absolute Gasteiger partial charge is 0.478 e. The quantitative estimate of drug-likeness (QED) is 0.637. The van der Waals surface area contributed by atoms with E-state index in [0.29, 0.717) is 11.6 Å². The monoisotopic (exact) mass is 278 g/mol. The smallest absolute Gasteiger partial charge is 0.338 e. The van der Waals surface area contributed by atoms with Gasteiger partial charge in [-0.2, -0.15) is 0 Å². The molecule has 2 rings (SSSR count). The first-order chi connectivity index (χ1) is 9.58. The highest BCUT2D eigenvalue weighted by Gasteiger charge is 2.18. The standard InChI is InChI=1S/C14H18N2O4/c17-14(18)12-8-11(16(19)20)6-7-13(12)15-9-10-4-2-1-3-5-10/h6-8,10,15H,1-5,9H2,(H,17,18).